The van der Waals surface area contributed by atoms with Gasteiger partial charge in [-0.15, -0.1) is 0 Å². The number of hydrogen-bond acceptors (Lipinski definition) is 6. The first-order valence-electron chi connectivity index (χ1n) is 17.8. The van der Waals surface area contributed by atoms with E-state index in [1.807, 2.05) is 9.36 Å². The predicted octanol–water partition coefficient (Wildman–Crippen LogP) is 5.89. The molecule has 7 rings (SSSR count). The van der Waals surface area contributed by atoms with Crippen molar-refractivity contribution in [3.05, 3.63) is 32.1 Å². The lowest BCUT2D eigenvalue weighted by molar-refractivity contribution is -0.218. The third-order valence-electron chi connectivity index (χ3n) is 15.6. The summed E-state index contributed by atoms with van der Waals surface area (Å²) < 4.78 is 16.9. The fourth-order valence-electron chi connectivity index (χ4n) is 13.3. The van der Waals surface area contributed by atoms with E-state index in [0.29, 0.717) is 18.4 Å². The van der Waals surface area contributed by atoms with Gasteiger partial charge in [0, 0.05) is 31.7 Å². The molecule has 4 saturated carbocycles. The Kier molecular flexibility index (Phi) is 6.62. The van der Waals surface area contributed by atoms with Crippen molar-refractivity contribution in [3.63, 3.8) is 0 Å². The van der Waals surface area contributed by atoms with Gasteiger partial charge in [-0.1, -0.05) is 48.5 Å². The Bertz CT molecular complexity index is 1680. The SMILES string of the molecule is CC(=O)OC[C@]12CC[C@]3(C(C)C)C1=C1[C@H](C[C@@H]4[C@@]5(C)CC[C@H](OC(C)=O)C(C)(C)[C@@H]5CC[C@@]4(C)[C@]1(C)CC2)n1c(=O)n(C)c(=O)n13. The Morgan fingerprint density at radius 3 is 2.17 bits per heavy atom. The van der Waals surface area contributed by atoms with Crippen LogP contribution in [0.3, 0.4) is 0 Å². The molecule has 1 aliphatic heterocycles. The van der Waals surface area contributed by atoms with Crippen LogP contribution in [-0.4, -0.2) is 38.6 Å². The third-order valence-corrected chi connectivity index (χ3v) is 15.6. The van der Waals surface area contributed by atoms with Gasteiger partial charge in [-0.2, -0.15) is 0 Å². The highest BCUT2D eigenvalue weighted by Crippen LogP contribution is 2.79. The monoisotopic (exact) mass is 637 g/mol. The number of allylic oxidation sites excluding steroid dienone is 1. The van der Waals surface area contributed by atoms with Gasteiger partial charge in [0.25, 0.3) is 0 Å². The van der Waals surface area contributed by atoms with Gasteiger partial charge in [0.2, 0.25) is 0 Å². The molecule has 1 aromatic heterocycles. The van der Waals surface area contributed by atoms with Crippen molar-refractivity contribution in [2.75, 3.05) is 6.61 Å². The molecule has 2 heterocycles. The first-order chi connectivity index (χ1) is 21.3. The number of fused-ring (bicyclic) bond motifs is 7. The fraction of sp³-hybridized carbons (Fsp3) is 0.838. The zero-order valence-corrected chi connectivity index (χ0v) is 29.7. The maximum atomic E-state index is 14.3. The van der Waals surface area contributed by atoms with Crippen molar-refractivity contribution in [2.24, 2.45) is 51.9 Å². The van der Waals surface area contributed by atoms with Gasteiger partial charge in [0.15, 0.2) is 0 Å². The third kappa shape index (κ3) is 3.53. The summed E-state index contributed by atoms with van der Waals surface area (Å²) in [6.07, 6.45) is 8.09. The second kappa shape index (κ2) is 9.52. The lowest BCUT2D eigenvalue weighted by atomic mass is 9.33. The molecule has 1 aromatic rings. The first kappa shape index (κ1) is 32.0. The van der Waals surface area contributed by atoms with Gasteiger partial charge in [-0.05, 0) is 103 Å². The average Bonchev–Trinajstić information content (AvgIpc) is 3.43. The van der Waals surface area contributed by atoms with Crippen LogP contribution in [-0.2, 0) is 31.6 Å². The molecule has 9 heteroatoms. The second-order valence-corrected chi connectivity index (χ2v) is 17.8. The average molecular weight is 638 g/mol. The molecule has 4 fully saturated rings. The van der Waals surface area contributed by atoms with Gasteiger partial charge in [0.05, 0.1) is 11.6 Å². The van der Waals surface area contributed by atoms with Gasteiger partial charge in [-0.3, -0.25) is 9.59 Å². The molecular weight excluding hydrogens is 582 g/mol. The van der Waals surface area contributed by atoms with E-state index in [1.54, 1.807) is 7.05 Å². The van der Waals surface area contributed by atoms with Gasteiger partial charge in [-0.25, -0.2) is 23.5 Å². The molecule has 0 saturated heterocycles. The minimum Gasteiger partial charge on any atom is -0.465 e. The normalized spacial score (nSPS) is 43.4. The molecule has 0 N–H and O–H groups in total. The maximum Gasteiger partial charge on any atom is 0.347 e. The van der Waals surface area contributed by atoms with E-state index < -0.39 is 5.54 Å². The van der Waals surface area contributed by atoms with Crippen LogP contribution in [0.1, 0.15) is 126 Å². The van der Waals surface area contributed by atoms with Crippen LogP contribution in [0.5, 0.6) is 0 Å². The Morgan fingerprint density at radius 2 is 1.54 bits per heavy atom. The van der Waals surface area contributed by atoms with Crippen LogP contribution in [0, 0.1) is 44.8 Å². The van der Waals surface area contributed by atoms with Crippen molar-refractivity contribution in [3.8, 4) is 0 Å². The number of aromatic nitrogens is 3. The number of hydrogen-bond donors (Lipinski definition) is 0. The summed E-state index contributed by atoms with van der Waals surface area (Å²) in [6.45, 7) is 19.8. The zero-order chi connectivity index (χ0) is 33.6. The molecule has 0 radical (unpaired) electrons. The number of rotatable bonds is 4. The van der Waals surface area contributed by atoms with Gasteiger partial charge in [0.1, 0.15) is 12.7 Å². The quantitative estimate of drug-likeness (QED) is 0.302. The lowest BCUT2D eigenvalue weighted by Crippen LogP contribution is -2.67. The van der Waals surface area contributed by atoms with Crippen LogP contribution < -0.4 is 11.4 Å². The van der Waals surface area contributed by atoms with Crippen LogP contribution in [0.4, 0.5) is 0 Å². The Hall–Kier alpha value is -2.58. The van der Waals surface area contributed by atoms with Gasteiger partial charge >= 0.3 is 23.3 Å². The number of ether oxygens (including phenoxy) is 2. The number of esters is 2. The summed E-state index contributed by atoms with van der Waals surface area (Å²) in [7, 11) is 1.62. The van der Waals surface area contributed by atoms with Crippen LogP contribution >= 0.6 is 0 Å². The van der Waals surface area contributed by atoms with E-state index >= 15 is 0 Å². The minimum absolute atomic E-state index is 0.0234. The van der Waals surface area contributed by atoms with Crippen molar-refractivity contribution in [1.82, 2.24) is 13.9 Å². The van der Waals surface area contributed by atoms with Crippen molar-refractivity contribution >= 4 is 11.9 Å². The number of nitrogens with zero attached hydrogens (tertiary/aromatic N) is 3. The largest absolute Gasteiger partial charge is 0.465 e. The lowest BCUT2D eigenvalue weighted by Gasteiger charge is -2.72. The standard InChI is InChI=1S/C37H55N3O6/c1-21(2)37-18-17-36(20-45-22(3)41)16-15-35(9)28(29(36)37)24(39-30(43)38(10)31(44)40(37)39)19-26-33(7)13-12-27(46-23(4)42)32(5,6)25(33)11-14-34(26,35)8/h21,24-27H,11-20H2,1-10H3/t24-,25-,26+,27-,33-,34+,35+,36-,37-/m0/s1. The molecule has 0 amide bonds. The Balaban J connectivity index is 1.48. The first-order valence-corrected chi connectivity index (χ1v) is 17.8. The highest BCUT2D eigenvalue weighted by atomic mass is 16.5. The molecule has 9 nitrogen and oxygen atoms in total. The summed E-state index contributed by atoms with van der Waals surface area (Å²) in [5.74, 6) is 0.252. The van der Waals surface area contributed by atoms with Crippen LogP contribution in [0.25, 0.3) is 0 Å². The molecule has 0 spiro atoms. The molecule has 0 aromatic carbocycles. The molecule has 46 heavy (non-hydrogen) atoms. The molecule has 6 aliphatic rings. The van der Waals surface area contributed by atoms with Crippen LogP contribution in [0.15, 0.2) is 20.7 Å². The minimum atomic E-state index is -0.639. The highest BCUT2D eigenvalue weighted by molar-refractivity contribution is 5.66. The van der Waals surface area contributed by atoms with E-state index in [1.165, 1.54) is 29.6 Å². The maximum absolute atomic E-state index is 14.3. The van der Waals surface area contributed by atoms with E-state index in [4.69, 9.17) is 9.47 Å². The Labute approximate surface area is 273 Å². The van der Waals surface area contributed by atoms with Crippen molar-refractivity contribution in [1.29, 1.82) is 0 Å². The zero-order valence-electron chi connectivity index (χ0n) is 29.7. The summed E-state index contributed by atoms with van der Waals surface area (Å²) in [6, 6.07) is -0.230. The second-order valence-electron chi connectivity index (χ2n) is 17.8. The number of carbonyl (C=O) groups excluding carboxylic acids is 2. The predicted molar refractivity (Wildman–Crippen MR) is 174 cm³/mol. The van der Waals surface area contributed by atoms with E-state index in [-0.39, 0.29) is 68.5 Å². The van der Waals surface area contributed by atoms with Gasteiger partial charge < -0.3 is 9.47 Å². The van der Waals surface area contributed by atoms with Crippen LogP contribution in [0.2, 0.25) is 0 Å². The summed E-state index contributed by atoms with van der Waals surface area (Å²) in [5, 5.41) is 0. The van der Waals surface area contributed by atoms with E-state index in [0.717, 1.165) is 57.8 Å². The van der Waals surface area contributed by atoms with Crippen molar-refractivity contribution in [2.45, 2.75) is 138 Å². The molecule has 0 bridgehead atoms. The van der Waals surface area contributed by atoms with Crippen molar-refractivity contribution < 1.29 is 19.1 Å². The summed E-state index contributed by atoms with van der Waals surface area (Å²) >= 11 is 0. The summed E-state index contributed by atoms with van der Waals surface area (Å²) in [4.78, 5) is 52.9. The fourth-order valence-corrected chi connectivity index (χ4v) is 13.3. The smallest absolute Gasteiger partial charge is 0.347 e. The Morgan fingerprint density at radius 1 is 0.870 bits per heavy atom. The molecular formula is C37H55N3O6. The topological polar surface area (TPSA) is 102 Å². The summed E-state index contributed by atoms with van der Waals surface area (Å²) in [5.41, 5.74) is 0.812. The molecule has 0 unspecified atom stereocenters. The molecule has 9 atom stereocenters. The molecule has 5 aliphatic carbocycles. The molecule has 254 valence electrons. The highest BCUT2D eigenvalue weighted by Gasteiger charge is 2.73. The van der Waals surface area contributed by atoms with E-state index in [2.05, 4.69) is 48.5 Å². The number of carbonyl (C=O) groups is 2. The van der Waals surface area contributed by atoms with E-state index in [9.17, 15) is 19.2 Å².